The Hall–Kier alpha value is -3.75. The molecule has 1 heterocycles. The third-order valence-electron chi connectivity index (χ3n) is 6.16. The van der Waals surface area contributed by atoms with E-state index in [2.05, 4.69) is 10.3 Å². The highest BCUT2D eigenvalue weighted by Crippen LogP contribution is 2.40. The first-order chi connectivity index (χ1) is 18.1. The first-order valence-electron chi connectivity index (χ1n) is 12.1. The summed E-state index contributed by atoms with van der Waals surface area (Å²) < 4.78 is 0. The van der Waals surface area contributed by atoms with Crippen LogP contribution in [0.25, 0.3) is 0 Å². The summed E-state index contributed by atoms with van der Waals surface area (Å²) in [5.74, 6) is -0.129. The molecule has 1 N–H and O–H groups in total. The molecule has 0 saturated carbocycles. The smallest absolute Gasteiger partial charge is 0.283 e. The van der Waals surface area contributed by atoms with Crippen molar-refractivity contribution in [3.8, 4) is 0 Å². The molecule has 37 heavy (non-hydrogen) atoms. The van der Waals surface area contributed by atoms with E-state index in [-0.39, 0.29) is 16.5 Å². The van der Waals surface area contributed by atoms with Crippen LogP contribution in [0.1, 0.15) is 44.8 Å². The van der Waals surface area contributed by atoms with Crippen LogP contribution in [0.2, 0.25) is 0 Å². The SMILES string of the molecule is O=C(NCc1ccccc1)c1c(N=Cc2ccc(Sc3ccccc3)c([N+](=O)[O-])c2)sc2c1CCCC2. The number of nitrogens with zero attached hydrogens (tertiary/aromatic N) is 2. The average Bonchev–Trinajstić information content (AvgIpc) is 3.31. The van der Waals surface area contributed by atoms with Gasteiger partial charge < -0.3 is 5.32 Å². The molecule has 186 valence electrons. The van der Waals surface area contributed by atoms with Gasteiger partial charge in [-0.2, -0.15) is 0 Å². The highest BCUT2D eigenvalue weighted by Gasteiger charge is 2.25. The van der Waals surface area contributed by atoms with Gasteiger partial charge in [0.15, 0.2) is 0 Å². The predicted octanol–water partition coefficient (Wildman–Crippen LogP) is 7.37. The molecular weight excluding hydrogens is 502 g/mol. The topological polar surface area (TPSA) is 84.6 Å². The van der Waals surface area contributed by atoms with Crippen LogP contribution in [0.4, 0.5) is 10.7 Å². The Kier molecular flexibility index (Phi) is 7.77. The van der Waals surface area contributed by atoms with Gasteiger partial charge in [-0.15, -0.1) is 11.3 Å². The number of benzene rings is 3. The van der Waals surface area contributed by atoms with Crippen molar-refractivity contribution >= 4 is 45.9 Å². The molecule has 4 aromatic rings. The summed E-state index contributed by atoms with van der Waals surface area (Å²) in [7, 11) is 0. The van der Waals surface area contributed by atoms with E-state index in [4.69, 9.17) is 0 Å². The Morgan fingerprint density at radius 2 is 1.76 bits per heavy atom. The number of thiophene rings is 1. The second-order valence-corrected chi connectivity index (χ2v) is 10.9. The average molecular weight is 528 g/mol. The molecule has 1 amide bonds. The van der Waals surface area contributed by atoms with E-state index in [1.54, 1.807) is 23.6 Å². The standard InChI is InChI=1S/C29H25N3O3S2/c33-28(30-18-20-9-3-1-4-10-20)27-23-13-7-8-14-25(23)37-29(27)31-19-21-15-16-26(24(17-21)32(34)35)36-22-11-5-2-6-12-22/h1-6,9-12,15-17,19H,7-8,13-14,18H2,(H,30,33). The van der Waals surface area contributed by atoms with E-state index in [0.29, 0.717) is 27.6 Å². The van der Waals surface area contributed by atoms with Crippen molar-refractivity contribution in [3.05, 3.63) is 116 Å². The van der Waals surface area contributed by atoms with E-state index in [0.717, 1.165) is 41.7 Å². The zero-order chi connectivity index (χ0) is 25.6. The van der Waals surface area contributed by atoms with Gasteiger partial charge in [-0.1, -0.05) is 66.4 Å². The second kappa shape index (κ2) is 11.5. The summed E-state index contributed by atoms with van der Waals surface area (Å²) in [5.41, 5.74) is 3.41. The molecule has 1 aromatic heterocycles. The van der Waals surface area contributed by atoms with E-state index in [1.807, 2.05) is 66.7 Å². The number of hydrogen-bond donors (Lipinski definition) is 1. The van der Waals surface area contributed by atoms with Crippen molar-refractivity contribution in [1.29, 1.82) is 0 Å². The molecule has 0 atom stereocenters. The lowest BCUT2D eigenvalue weighted by atomic mass is 9.95. The number of nitro benzene ring substituents is 1. The van der Waals surface area contributed by atoms with E-state index >= 15 is 0 Å². The molecule has 5 rings (SSSR count). The Bertz CT molecular complexity index is 1450. The van der Waals surface area contributed by atoms with Crippen molar-refractivity contribution in [2.75, 3.05) is 0 Å². The van der Waals surface area contributed by atoms with Crippen LogP contribution in [0, 0.1) is 10.1 Å². The number of fused-ring (bicyclic) bond motifs is 1. The summed E-state index contributed by atoms with van der Waals surface area (Å²) in [4.78, 5) is 32.1. The molecule has 3 aromatic carbocycles. The normalized spacial score (nSPS) is 12.9. The molecular formula is C29H25N3O3S2. The van der Waals surface area contributed by atoms with E-state index in [1.165, 1.54) is 22.7 Å². The van der Waals surface area contributed by atoms with E-state index < -0.39 is 0 Å². The minimum absolute atomic E-state index is 0.0316. The van der Waals surface area contributed by atoms with Gasteiger partial charge in [0.1, 0.15) is 5.00 Å². The second-order valence-electron chi connectivity index (χ2n) is 8.72. The maximum Gasteiger partial charge on any atom is 0.283 e. The van der Waals surface area contributed by atoms with Gasteiger partial charge in [0.05, 0.1) is 15.4 Å². The highest BCUT2D eigenvalue weighted by atomic mass is 32.2. The molecule has 8 heteroatoms. The summed E-state index contributed by atoms with van der Waals surface area (Å²) in [6.45, 7) is 0.445. The van der Waals surface area contributed by atoms with Crippen LogP contribution in [-0.4, -0.2) is 17.0 Å². The monoisotopic (exact) mass is 527 g/mol. The Balaban J connectivity index is 1.41. The number of hydrogen-bond acceptors (Lipinski definition) is 6. The van der Waals surface area contributed by atoms with Gasteiger partial charge in [-0.3, -0.25) is 14.9 Å². The van der Waals surface area contributed by atoms with Gasteiger partial charge in [0, 0.05) is 28.6 Å². The van der Waals surface area contributed by atoms with Crippen LogP contribution in [0.15, 0.2) is 93.6 Å². The molecule has 0 fully saturated rings. The van der Waals surface area contributed by atoms with Gasteiger partial charge in [-0.05, 0) is 60.6 Å². The molecule has 1 aliphatic rings. The van der Waals surface area contributed by atoms with Gasteiger partial charge >= 0.3 is 0 Å². The van der Waals surface area contributed by atoms with Crippen molar-refractivity contribution in [2.45, 2.75) is 42.0 Å². The summed E-state index contributed by atoms with van der Waals surface area (Å²) in [6, 6.07) is 24.5. The Morgan fingerprint density at radius 1 is 1.03 bits per heavy atom. The molecule has 0 aliphatic heterocycles. The maximum absolute atomic E-state index is 13.3. The fourth-order valence-electron chi connectivity index (χ4n) is 4.34. The molecule has 0 radical (unpaired) electrons. The van der Waals surface area contributed by atoms with Crippen molar-refractivity contribution in [3.63, 3.8) is 0 Å². The third-order valence-corrected chi connectivity index (χ3v) is 8.43. The number of carbonyl (C=O) groups excluding carboxylic acids is 1. The lowest BCUT2D eigenvalue weighted by Crippen LogP contribution is -2.24. The number of rotatable bonds is 8. The number of nitro groups is 1. The van der Waals surface area contributed by atoms with Gasteiger partial charge in [-0.25, -0.2) is 4.99 Å². The summed E-state index contributed by atoms with van der Waals surface area (Å²) >= 11 is 2.91. The van der Waals surface area contributed by atoms with Crippen LogP contribution >= 0.6 is 23.1 Å². The molecule has 0 spiro atoms. The number of nitrogens with one attached hydrogen (secondary N) is 1. The van der Waals surface area contributed by atoms with Gasteiger partial charge in [0.25, 0.3) is 11.6 Å². The Labute approximate surface area is 223 Å². The molecule has 0 bridgehead atoms. The maximum atomic E-state index is 13.3. The first kappa shape index (κ1) is 24.9. The van der Waals surface area contributed by atoms with Crippen LogP contribution in [-0.2, 0) is 19.4 Å². The van der Waals surface area contributed by atoms with Crippen LogP contribution in [0.3, 0.4) is 0 Å². The number of aliphatic imine (C=N–C) groups is 1. The third kappa shape index (κ3) is 5.98. The van der Waals surface area contributed by atoms with Crippen molar-refractivity contribution in [2.24, 2.45) is 4.99 Å². The molecule has 1 aliphatic carbocycles. The van der Waals surface area contributed by atoms with Crippen LogP contribution < -0.4 is 5.32 Å². The zero-order valence-corrected chi connectivity index (χ0v) is 21.7. The first-order valence-corrected chi connectivity index (χ1v) is 13.7. The highest BCUT2D eigenvalue weighted by molar-refractivity contribution is 7.99. The lowest BCUT2D eigenvalue weighted by molar-refractivity contribution is -0.387. The lowest BCUT2D eigenvalue weighted by Gasteiger charge is -2.12. The van der Waals surface area contributed by atoms with Crippen molar-refractivity contribution in [1.82, 2.24) is 5.32 Å². The zero-order valence-electron chi connectivity index (χ0n) is 20.1. The fourth-order valence-corrected chi connectivity index (χ4v) is 6.49. The number of carbonyl (C=O) groups is 1. The quantitative estimate of drug-likeness (QED) is 0.147. The largest absolute Gasteiger partial charge is 0.348 e. The number of amides is 1. The van der Waals surface area contributed by atoms with Crippen LogP contribution in [0.5, 0.6) is 0 Å². The number of aryl methyl sites for hydroxylation is 1. The fraction of sp³-hybridized carbons (Fsp3) is 0.172. The summed E-state index contributed by atoms with van der Waals surface area (Å²) in [5, 5.41) is 15.5. The predicted molar refractivity (Wildman–Crippen MR) is 149 cm³/mol. The molecule has 0 unspecified atom stereocenters. The van der Waals surface area contributed by atoms with Gasteiger partial charge in [0.2, 0.25) is 0 Å². The molecule has 6 nitrogen and oxygen atoms in total. The van der Waals surface area contributed by atoms with Crippen molar-refractivity contribution < 1.29 is 9.72 Å². The minimum atomic E-state index is -0.366. The van der Waals surface area contributed by atoms with E-state index in [9.17, 15) is 14.9 Å². The molecule has 0 saturated heterocycles. The Morgan fingerprint density at radius 3 is 2.51 bits per heavy atom. The summed E-state index contributed by atoms with van der Waals surface area (Å²) in [6.07, 6.45) is 5.60. The minimum Gasteiger partial charge on any atom is -0.348 e.